The van der Waals surface area contributed by atoms with E-state index < -0.39 is 0 Å². The van der Waals surface area contributed by atoms with Gasteiger partial charge in [-0.05, 0) is 6.92 Å². The highest BCUT2D eigenvalue weighted by Crippen LogP contribution is 2.23. The predicted octanol–water partition coefficient (Wildman–Crippen LogP) is 2.00. The molecular weight excluding hydrogens is 194 g/mol. The molecule has 0 bridgehead atoms. The van der Waals surface area contributed by atoms with Crippen LogP contribution in [0.4, 0.5) is 0 Å². The lowest BCUT2D eigenvalue weighted by Gasteiger charge is -2.21. The van der Waals surface area contributed by atoms with E-state index in [0.29, 0.717) is 18.8 Å². The van der Waals surface area contributed by atoms with E-state index in [4.69, 9.17) is 6.42 Å². The fourth-order valence-corrected chi connectivity index (χ4v) is 1.60. The number of nitrogens with zero attached hydrogens (tertiary/aromatic N) is 1. The maximum Gasteiger partial charge on any atom is 0.233 e. The first-order chi connectivity index (χ1) is 6.40. The van der Waals surface area contributed by atoms with Gasteiger partial charge in [0.15, 0.2) is 0 Å². The van der Waals surface area contributed by atoms with E-state index in [-0.39, 0.29) is 10.7 Å². The van der Waals surface area contributed by atoms with E-state index >= 15 is 0 Å². The lowest BCUT2D eigenvalue weighted by atomic mass is 10.3. The van der Waals surface area contributed by atoms with Crippen molar-refractivity contribution < 1.29 is 4.79 Å². The van der Waals surface area contributed by atoms with Crippen LogP contribution in [0.3, 0.4) is 0 Å². The molecule has 0 aliphatic heterocycles. The molecule has 0 aromatic carbocycles. The average molecular weight is 213 g/mol. The molecule has 1 amide bonds. The van der Waals surface area contributed by atoms with Crippen LogP contribution in [0.5, 0.6) is 0 Å². The molecule has 0 fully saturated rings. The Balaban J connectivity index is 4.00. The van der Waals surface area contributed by atoms with Gasteiger partial charge in [-0.1, -0.05) is 26.7 Å². The molecule has 0 saturated heterocycles. The fourth-order valence-electron chi connectivity index (χ4n) is 0.856. The lowest BCUT2D eigenvalue weighted by molar-refractivity contribution is -0.127. The van der Waals surface area contributed by atoms with Gasteiger partial charge in [-0.2, -0.15) is 0 Å². The third-order valence-corrected chi connectivity index (χ3v) is 2.90. The van der Waals surface area contributed by atoms with Gasteiger partial charge in [-0.25, -0.2) is 0 Å². The lowest BCUT2D eigenvalue weighted by Crippen LogP contribution is -2.33. The SMILES string of the molecule is C#CCN(CC)C(=O)CSC(C)(C)C. The van der Waals surface area contributed by atoms with Gasteiger partial charge in [0.2, 0.25) is 5.91 Å². The highest BCUT2D eigenvalue weighted by molar-refractivity contribution is 8.01. The zero-order chi connectivity index (χ0) is 11.2. The van der Waals surface area contributed by atoms with Crippen molar-refractivity contribution in [2.24, 2.45) is 0 Å². The second-order valence-electron chi connectivity index (χ2n) is 4.01. The van der Waals surface area contributed by atoms with Gasteiger partial charge in [0.25, 0.3) is 0 Å². The summed E-state index contributed by atoms with van der Waals surface area (Å²) in [4.78, 5) is 13.3. The summed E-state index contributed by atoms with van der Waals surface area (Å²) < 4.78 is 0.130. The van der Waals surface area contributed by atoms with Crippen LogP contribution in [0.25, 0.3) is 0 Å². The Bertz CT molecular complexity index is 224. The van der Waals surface area contributed by atoms with Gasteiger partial charge < -0.3 is 4.90 Å². The van der Waals surface area contributed by atoms with E-state index in [1.165, 1.54) is 0 Å². The number of hydrogen-bond donors (Lipinski definition) is 0. The van der Waals surface area contributed by atoms with Gasteiger partial charge in [0.1, 0.15) is 0 Å². The Hall–Kier alpha value is -0.620. The van der Waals surface area contributed by atoms with E-state index in [9.17, 15) is 4.79 Å². The summed E-state index contributed by atoms with van der Waals surface area (Å²) in [6.45, 7) is 9.35. The molecule has 0 aliphatic carbocycles. The minimum Gasteiger partial charge on any atom is -0.331 e. The van der Waals surface area contributed by atoms with Gasteiger partial charge in [-0.3, -0.25) is 4.79 Å². The third-order valence-electron chi connectivity index (χ3n) is 1.65. The number of carbonyl (C=O) groups excluding carboxylic acids is 1. The third kappa shape index (κ3) is 5.93. The molecule has 0 N–H and O–H groups in total. The van der Waals surface area contributed by atoms with E-state index in [2.05, 4.69) is 26.7 Å². The van der Waals surface area contributed by atoms with Crippen molar-refractivity contribution in [3.63, 3.8) is 0 Å². The molecule has 0 unspecified atom stereocenters. The number of terminal acetylenes is 1. The Morgan fingerprint density at radius 1 is 1.50 bits per heavy atom. The Morgan fingerprint density at radius 2 is 2.07 bits per heavy atom. The van der Waals surface area contributed by atoms with Crippen molar-refractivity contribution in [1.29, 1.82) is 0 Å². The van der Waals surface area contributed by atoms with Gasteiger partial charge in [0.05, 0.1) is 12.3 Å². The molecule has 0 spiro atoms. The monoisotopic (exact) mass is 213 g/mol. The van der Waals surface area contributed by atoms with Crippen molar-refractivity contribution in [2.45, 2.75) is 32.4 Å². The van der Waals surface area contributed by atoms with Crippen LogP contribution in [-0.4, -0.2) is 34.4 Å². The van der Waals surface area contributed by atoms with Gasteiger partial charge in [0, 0.05) is 11.3 Å². The molecule has 0 saturated carbocycles. The zero-order valence-electron chi connectivity index (χ0n) is 9.46. The van der Waals surface area contributed by atoms with Crippen molar-refractivity contribution in [3.8, 4) is 12.3 Å². The first kappa shape index (κ1) is 13.4. The van der Waals surface area contributed by atoms with E-state index in [1.54, 1.807) is 16.7 Å². The molecule has 0 rings (SSSR count). The fraction of sp³-hybridized carbons (Fsp3) is 0.727. The van der Waals surface area contributed by atoms with Crippen LogP contribution < -0.4 is 0 Å². The van der Waals surface area contributed by atoms with Crippen LogP contribution in [0, 0.1) is 12.3 Å². The predicted molar refractivity (Wildman–Crippen MR) is 63.3 cm³/mol. The van der Waals surface area contributed by atoms with Crippen LogP contribution in [-0.2, 0) is 4.79 Å². The molecule has 14 heavy (non-hydrogen) atoms. The Morgan fingerprint density at radius 3 is 2.43 bits per heavy atom. The summed E-state index contributed by atoms with van der Waals surface area (Å²) in [6.07, 6.45) is 5.17. The summed E-state index contributed by atoms with van der Waals surface area (Å²) in [5.74, 6) is 3.14. The maximum absolute atomic E-state index is 11.6. The number of amides is 1. The van der Waals surface area contributed by atoms with Crippen molar-refractivity contribution in [2.75, 3.05) is 18.8 Å². The molecule has 80 valence electrons. The summed E-state index contributed by atoms with van der Waals surface area (Å²) in [5, 5.41) is 0. The second-order valence-corrected chi connectivity index (χ2v) is 5.82. The largest absolute Gasteiger partial charge is 0.331 e. The van der Waals surface area contributed by atoms with E-state index in [1.807, 2.05) is 6.92 Å². The minimum absolute atomic E-state index is 0.130. The molecule has 0 radical (unpaired) electrons. The molecule has 0 aromatic heterocycles. The summed E-state index contributed by atoms with van der Waals surface area (Å²) in [6, 6.07) is 0. The molecule has 0 aliphatic rings. The number of hydrogen-bond acceptors (Lipinski definition) is 2. The van der Waals surface area contributed by atoms with Crippen molar-refractivity contribution in [3.05, 3.63) is 0 Å². The second kappa shape index (κ2) is 5.98. The maximum atomic E-state index is 11.6. The summed E-state index contributed by atoms with van der Waals surface area (Å²) in [7, 11) is 0. The first-order valence-corrected chi connectivity index (χ1v) is 5.74. The topological polar surface area (TPSA) is 20.3 Å². The summed E-state index contributed by atoms with van der Waals surface area (Å²) >= 11 is 1.65. The first-order valence-electron chi connectivity index (χ1n) is 4.76. The molecule has 0 aromatic rings. The van der Waals surface area contributed by atoms with Crippen LogP contribution >= 0.6 is 11.8 Å². The highest BCUT2D eigenvalue weighted by atomic mass is 32.2. The van der Waals surface area contributed by atoms with Crippen LogP contribution in [0.1, 0.15) is 27.7 Å². The highest BCUT2D eigenvalue weighted by Gasteiger charge is 2.16. The smallest absolute Gasteiger partial charge is 0.233 e. The normalized spacial score (nSPS) is 10.8. The molecule has 3 heteroatoms. The molecule has 0 heterocycles. The van der Waals surface area contributed by atoms with Gasteiger partial charge in [-0.15, -0.1) is 18.2 Å². The molecular formula is C11H19NOS. The van der Waals surface area contributed by atoms with Crippen molar-refractivity contribution >= 4 is 17.7 Å². The van der Waals surface area contributed by atoms with Crippen LogP contribution in [0.15, 0.2) is 0 Å². The Labute approximate surface area is 91.4 Å². The van der Waals surface area contributed by atoms with Crippen molar-refractivity contribution in [1.82, 2.24) is 4.90 Å². The minimum atomic E-state index is 0.130. The summed E-state index contributed by atoms with van der Waals surface area (Å²) in [5.41, 5.74) is 0. The standard InChI is InChI=1S/C11H19NOS/c1-6-8-12(7-2)10(13)9-14-11(3,4)5/h1H,7-9H2,2-5H3. The molecule has 2 nitrogen and oxygen atoms in total. The Kier molecular flexibility index (Phi) is 5.71. The quantitative estimate of drug-likeness (QED) is 0.666. The number of carbonyl (C=O) groups is 1. The number of rotatable bonds is 4. The average Bonchev–Trinajstić information content (AvgIpc) is 2.09. The molecule has 0 atom stereocenters. The van der Waals surface area contributed by atoms with E-state index in [0.717, 1.165) is 0 Å². The number of thioether (sulfide) groups is 1. The zero-order valence-corrected chi connectivity index (χ0v) is 10.3. The van der Waals surface area contributed by atoms with Crippen LogP contribution in [0.2, 0.25) is 0 Å². The van der Waals surface area contributed by atoms with Gasteiger partial charge >= 0.3 is 0 Å².